The Hall–Kier alpha value is -1.92. The number of benzene rings is 1. The van der Waals surface area contributed by atoms with E-state index in [1.54, 1.807) is 23.7 Å². The Bertz CT molecular complexity index is 772. The Labute approximate surface area is 137 Å². The average molecular weight is 332 g/mol. The van der Waals surface area contributed by atoms with Crippen LogP contribution in [0, 0.1) is 0 Å². The van der Waals surface area contributed by atoms with Crippen LogP contribution in [0.4, 0.5) is 10.8 Å². The van der Waals surface area contributed by atoms with Crippen LogP contribution in [0.3, 0.4) is 0 Å². The van der Waals surface area contributed by atoms with Gasteiger partial charge in [-0.15, -0.1) is 0 Å². The van der Waals surface area contributed by atoms with Crippen molar-refractivity contribution in [2.75, 3.05) is 23.3 Å². The smallest absolute Gasteiger partial charge is 0.191 e. The van der Waals surface area contributed by atoms with Gasteiger partial charge in [-0.25, -0.2) is 9.97 Å². The van der Waals surface area contributed by atoms with Crippen LogP contribution in [0.25, 0.3) is 10.5 Å². The summed E-state index contributed by atoms with van der Waals surface area (Å²) in [6, 6.07) is 8.33. The zero-order valence-corrected chi connectivity index (χ0v) is 13.3. The van der Waals surface area contributed by atoms with E-state index >= 15 is 0 Å². The number of nitrogens with zero attached hydrogens (tertiary/aromatic N) is 4. The van der Waals surface area contributed by atoms with Crippen molar-refractivity contribution >= 4 is 44.2 Å². The molecule has 2 aromatic heterocycles. The molecule has 1 saturated heterocycles. The summed E-state index contributed by atoms with van der Waals surface area (Å²) in [7, 11) is 0. The van der Waals surface area contributed by atoms with Crippen molar-refractivity contribution in [1.29, 1.82) is 0 Å². The first-order valence-corrected chi connectivity index (χ1v) is 8.32. The highest BCUT2D eigenvalue weighted by atomic mass is 35.5. The van der Waals surface area contributed by atoms with E-state index in [1.165, 1.54) is 0 Å². The molecule has 112 valence electrons. The fourth-order valence-electron chi connectivity index (χ4n) is 2.72. The van der Waals surface area contributed by atoms with Crippen molar-refractivity contribution in [1.82, 2.24) is 15.0 Å². The average Bonchev–Trinajstić information content (AvgIpc) is 3.14. The third kappa shape index (κ3) is 2.60. The molecule has 1 fully saturated rings. The fourth-order valence-corrected chi connectivity index (χ4v) is 3.82. The standard InChI is InChI=1S/C15H14ClN5S/c16-11-3-1-2-4-12(11)21-8-5-10(9-21)19-15-20-13-14(22-15)18-7-6-17-13/h1-4,6-7,10H,5,8-9H2,(H,17,19,20). The van der Waals surface area contributed by atoms with Gasteiger partial charge in [0.25, 0.3) is 0 Å². The number of halogens is 1. The van der Waals surface area contributed by atoms with Gasteiger partial charge in [-0.3, -0.25) is 0 Å². The monoisotopic (exact) mass is 331 g/mol. The number of thiazole rings is 1. The number of hydrogen-bond donors (Lipinski definition) is 1. The summed E-state index contributed by atoms with van der Waals surface area (Å²) in [5.74, 6) is 0. The van der Waals surface area contributed by atoms with Crippen LogP contribution in [0.2, 0.25) is 5.02 Å². The molecule has 1 atom stereocenters. The largest absolute Gasteiger partial charge is 0.368 e. The van der Waals surface area contributed by atoms with E-state index in [9.17, 15) is 0 Å². The molecule has 0 amide bonds. The molecule has 0 aliphatic carbocycles. The van der Waals surface area contributed by atoms with E-state index < -0.39 is 0 Å². The third-order valence-corrected chi connectivity index (χ3v) is 4.96. The highest BCUT2D eigenvalue weighted by molar-refractivity contribution is 7.21. The second-order valence-corrected chi connectivity index (χ2v) is 6.62. The van der Waals surface area contributed by atoms with Crippen LogP contribution >= 0.6 is 22.9 Å². The minimum absolute atomic E-state index is 0.358. The summed E-state index contributed by atoms with van der Waals surface area (Å²) < 4.78 is 0. The Morgan fingerprint density at radius 1 is 1.23 bits per heavy atom. The molecule has 22 heavy (non-hydrogen) atoms. The number of nitrogens with one attached hydrogen (secondary N) is 1. The van der Waals surface area contributed by atoms with Crippen molar-refractivity contribution < 1.29 is 0 Å². The molecule has 7 heteroatoms. The predicted octanol–water partition coefficient (Wildman–Crippen LogP) is 3.43. The molecule has 1 aliphatic rings. The Morgan fingerprint density at radius 2 is 2.09 bits per heavy atom. The number of aromatic nitrogens is 3. The lowest BCUT2D eigenvalue weighted by atomic mass is 10.3. The van der Waals surface area contributed by atoms with Crippen molar-refractivity contribution in [3.8, 4) is 0 Å². The minimum atomic E-state index is 0.358. The lowest BCUT2D eigenvalue weighted by Crippen LogP contribution is -2.26. The number of rotatable bonds is 3. The molecule has 1 aliphatic heterocycles. The van der Waals surface area contributed by atoms with Crippen LogP contribution in [-0.4, -0.2) is 34.1 Å². The molecule has 3 heterocycles. The number of hydrogen-bond acceptors (Lipinski definition) is 6. The van der Waals surface area contributed by atoms with E-state index in [0.717, 1.165) is 40.2 Å². The molecule has 0 radical (unpaired) electrons. The molecule has 0 spiro atoms. The van der Waals surface area contributed by atoms with Crippen LogP contribution in [-0.2, 0) is 0 Å². The van der Waals surface area contributed by atoms with Crippen molar-refractivity contribution in [2.45, 2.75) is 12.5 Å². The minimum Gasteiger partial charge on any atom is -0.368 e. The Morgan fingerprint density at radius 3 is 2.95 bits per heavy atom. The zero-order chi connectivity index (χ0) is 14.9. The number of fused-ring (bicyclic) bond motifs is 1. The molecule has 4 rings (SSSR count). The summed E-state index contributed by atoms with van der Waals surface area (Å²) in [4.78, 5) is 16.2. The van der Waals surface area contributed by atoms with E-state index in [-0.39, 0.29) is 0 Å². The first-order valence-electron chi connectivity index (χ1n) is 7.13. The van der Waals surface area contributed by atoms with Gasteiger partial charge in [0, 0.05) is 31.5 Å². The summed E-state index contributed by atoms with van der Waals surface area (Å²) in [5.41, 5.74) is 1.80. The SMILES string of the molecule is Clc1ccccc1N1CCC(Nc2nc3nccnc3s2)C1. The van der Waals surface area contributed by atoms with Gasteiger partial charge in [0.05, 0.1) is 10.7 Å². The van der Waals surface area contributed by atoms with E-state index in [2.05, 4.69) is 31.2 Å². The van der Waals surface area contributed by atoms with Crippen LogP contribution < -0.4 is 10.2 Å². The van der Waals surface area contributed by atoms with Gasteiger partial charge < -0.3 is 10.2 Å². The third-order valence-electron chi connectivity index (χ3n) is 3.76. The summed E-state index contributed by atoms with van der Waals surface area (Å²) >= 11 is 7.82. The quantitative estimate of drug-likeness (QED) is 0.797. The van der Waals surface area contributed by atoms with Gasteiger partial charge in [0.2, 0.25) is 0 Å². The van der Waals surface area contributed by atoms with Gasteiger partial charge in [-0.2, -0.15) is 4.98 Å². The van der Waals surface area contributed by atoms with Crippen molar-refractivity contribution in [3.63, 3.8) is 0 Å². The van der Waals surface area contributed by atoms with Crippen molar-refractivity contribution in [3.05, 3.63) is 41.7 Å². The number of anilines is 2. The molecule has 1 aromatic carbocycles. The van der Waals surface area contributed by atoms with Crippen LogP contribution in [0.1, 0.15) is 6.42 Å². The molecule has 5 nitrogen and oxygen atoms in total. The Balaban J connectivity index is 1.48. The van der Waals surface area contributed by atoms with Crippen LogP contribution in [0.15, 0.2) is 36.7 Å². The van der Waals surface area contributed by atoms with Gasteiger partial charge in [0.15, 0.2) is 15.6 Å². The highest BCUT2D eigenvalue weighted by Crippen LogP contribution is 2.30. The number of para-hydroxylation sites is 1. The summed E-state index contributed by atoms with van der Waals surface area (Å²) in [6.45, 7) is 1.91. The van der Waals surface area contributed by atoms with E-state index in [0.29, 0.717) is 11.7 Å². The summed E-state index contributed by atoms with van der Waals surface area (Å²) in [6.07, 6.45) is 4.42. The lowest BCUT2D eigenvalue weighted by Gasteiger charge is -2.20. The fraction of sp³-hybridized carbons (Fsp3) is 0.267. The van der Waals surface area contributed by atoms with Crippen molar-refractivity contribution in [2.24, 2.45) is 0 Å². The van der Waals surface area contributed by atoms with E-state index in [4.69, 9.17) is 11.6 Å². The van der Waals surface area contributed by atoms with E-state index in [1.807, 2.05) is 18.2 Å². The molecule has 3 aromatic rings. The maximum Gasteiger partial charge on any atom is 0.191 e. The topological polar surface area (TPSA) is 53.9 Å². The van der Waals surface area contributed by atoms with Gasteiger partial charge in [-0.05, 0) is 18.6 Å². The predicted molar refractivity (Wildman–Crippen MR) is 90.9 cm³/mol. The molecular formula is C15H14ClN5S. The van der Waals surface area contributed by atoms with Gasteiger partial charge in [0.1, 0.15) is 0 Å². The second kappa shape index (κ2) is 5.70. The second-order valence-electron chi connectivity index (χ2n) is 5.23. The lowest BCUT2D eigenvalue weighted by molar-refractivity contribution is 0.805. The first kappa shape index (κ1) is 13.7. The van der Waals surface area contributed by atoms with Gasteiger partial charge >= 0.3 is 0 Å². The molecule has 1 unspecified atom stereocenters. The molecule has 0 saturated carbocycles. The highest BCUT2D eigenvalue weighted by Gasteiger charge is 2.24. The first-order chi connectivity index (χ1) is 10.8. The molecule has 1 N–H and O–H groups in total. The maximum atomic E-state index is 6.28. The summed E-state index contributed by atoms with van der Waals surface area (Å²) in [5, 5.41) is 5.18. The zero-order valence-electron chi connectivity index (χ0n) is 11.7. The molecular weight excluding hydrogens is 318 g/mol. The molecule has 0 bridgehead atoms. The van der Waals surface area contributed by atoms with Crippen LogP contribution in [0.5, 0.6) is 0 Å². The Kier molecular flexibility index (Phi) is 3.56. The maximum absolute atomic E-state index is 6.28. The normalized spacial score (nSPS) is 18.0. The van der Waals surface area contributed by atoms with Gasteiger partial charge in [-0.1, -0.05) is 35.1 Å².